The first-order valence-corrected chi connectivity index (χ1v) is 7.82. The Hall–Kier alpha value is -2.86. The number of carboxylic acids is 1. The summed E-state index contributed by atoms with van der Waals surface area (Å²) in [6, 6.07) is 14.7. The molecule has 0 fully saturated rings. The molecule has 25 heavy (non-hydrogen) atoms. The molecule has 0 heterocycles. The Bertz CT molecular complexity index is 744. The summed E-state index contributed by atoms with van der Waals surface area (Å²) < 4.78 is 10.5. The lowest BCUT2D eigenvalue weighted by atomic mass is 10.1. The molecule has 2 aromatic carbocycles. The van der Waals surface area contributed by atoms with Gasteiger partial charge in [-0.25, -0.2) is 4.79 Å². The zero-order valence-electron chi connectivity index (χ0n) is 14.2. The highest BCUT2D eigenvalue weighted by atomic mass is 16.5. The fourth-order valence-corrected chi connectivity index (χ4v) is 2.25. The average Bonchev–Trinajstić information content (AvgIpc) is 2.60. The molecule has 2 rings (SSSR count). The van der Waals surface area contributed by atoms with Gasteiger partial charge in [-0.1, -0.05) is 35.9 Å². The molecule has 0 aromatic heterocycles. The van der Waals surface area contributed by atoms with E-state index in [0.717, 1.165) is 11.1 Å². The molecule has 1 amide bonds. The minimum Gasteiger partial charge on any atom is -0.489 e. The number of carbonyl (C=O) groups excluding carboxylic acids is 1. The van der Waals surface area contributed by atoms with Crippen molar-refractivity contribution in [1.82, 2.24) is 5.32 Å². The van der Waals surface area contributed by atoms with E-state index >= 15 is 0 Å². The number of hydrogen-bond acceptors (Lipinski definition) is 4. The van der Waals surface area contributed by atoms with Crippen molar-refractivity contribution in [3.63, 3.8) is 0 Å². The van der Waals surface area contributed by atoms with Crippen LogP contribution in [0.5, 0.6) is 5.75 Å². The van der Waals surface area contributed by atoms with Crippen molar-refractivity contribution in [2.24, 2.45) is 0 Å². The summed E-state index contributed by atoms with van der Waals surface area (Å²) in [5.41, 5.74) is 2.58. The summed E-state index contributed by atoms with van der Waals surface area (Å²) in [4.78, 5) is 23.0. The van der Waals surface area contributed by atoms with Crippen LogP contribution in [-0.2, 0) is 16.1 Å². The topological polar surface area (TPSA) is 84.9 Å². The third-order valence-electron chi connectivity index (χ3n) is 3.59. The first kappa shape index (κ1) is 18.5. The van der Waals surface area contributed by atoms with Crippen LogP contribution in [0.2, 0.25) is 0 Å². The van der Waals surface area contributed by atoms with Crippen LogP contribution in [0.25, 0.3) is 0 Å². The predicted molar refractivity (Wildman–Crippen MR) is 92.7 cm³/mol. The summed E-state index contributed by atoms with van der Waals surface area (Å²) in [6.45, 7) is 2.30. The highest BCUT2D eigenvalue weighted by Crippen LogP contribution is 2.16. The van der Waals surface area contributed by atoms with E-state index in [1.165, 1.54) is 7.11 Å². The molecule has 0 spiro atoms. The van der Waals surface area contributed by atoms with Crippen LogP contribution in [0.4, 0.5) is 0 Å². The van der Waals surface area contributed by atoms with Gasteiger partial charge in [-0.2, -0.15) is 0 Å². The number of carboxylic acid groups (broad SMARTS) is 1. The molecule has 0 aliphatic carbocycles. The number of carbonyl (C=O) groups is 2. The molecule has 2 aromatic rings. The zero-order valence-corrected chi connectivity index (χ0v) is 14.2. The Balaban J connectivity index is 1.95. The van der Waals surface area contributed by atoms with Crippen molar-refractivity contribution >= 4 is 11.9 Å². The van der Waals surface area contributed by atoms with Crippen LogP contribution >= 0.6 is 0 Å². The van der Waals surface area contributed by atoms with E-state index < -0.39 is 12.1 Å². The maximum atomic E-state index is 12.1. The number of rotatable bonds is 8. The largest absolute Gasteiger partial charge is 0.489 e. The number of methoxy groups -OCH3 is 1. The van der Waals surface area contributed by atoms with E-state index in [4.69, 9.17) is 14.6 Å². The fraction of sp³-hybridized carbons (Fsp3) is 0.263. The van der Waals surface area contributed by atoms with Gasteiger partial charge in [-0.15, -0.1) is 0 Å². The summed E-state index contributed by atoms with van der Waals surface area (Å²) in [6.07, 6.45) is -1.08. The minimum absolute atomic E-state index is 0.112. The lowest BCUT2D eigenvalue weighted by Crippen LogP contribution is -2.37. The highest BCUT2D eigenvalue weighted by Gasteiger charge is 2.17. The number of nitrogens with one attached hydrogen (secondary N) is 1. The van der Waals surface area contributed by atoms with Crippen molar-refractivity contribution in [1.29, 1.82) is 0 Å². The third kappa shape index (κ3) is 5.61. The molecule has 6 nitrogen and oxygen atoms in total. The van der Waals surface area contributed by atoms with Gasteiger partial charge >= 0.3 is 5.97 Å². The van der Waals surface area contributed by atoms with Crippen molar-refractivity contribution < 1.29 is 24.2 Å². The van der Waals surface area contributed by atoms with Gasteiger partial charge in [0.25, 0.3) is 5.91 Å². The Kier molecular flexibility index (Phi) is 6.54. The van der Waals surface area contributed by atoms with E-state index in [-0.39, 0.29) is 12.5 Å². The lowest BCUT2D eigenvalue weighted by molar-refractivity contribution is -0.148. The van der Waals surface area contributed by atoms with Crippen LogP contribution in [0.15, 0.2) is 48.5 Å². The number of aryl methyl sites for hydroxylation is 1. The van der Waals surface area contributed by atoms with Gasteiger partial charge in [0.15, 0.2) is 6.10 Å². The maximum Gasteiger partial charge on any atom is 0.334 e. The minimum atomic E-state index is -1.13. The fourth-order valence-electron chi connectivity index (χ4n) is 2.25. The predicted octanol–water partition coefficient (Wildman–Crippen LogP) is 2.40. The van der Waals surface area contributed by atoms with Gasteiger partial charge in [-0.3, -0.25) is 4.79 Å². The van der Waals surface area contributed by atoms with Gasteiger partial charge in [0.05, 0.1) is 6.54 Å². The molecular weight excluding hydrogens is 322 g/mol. The summed E-state index contributed by atoms with van der Waals surface area (Å²) >= 11 is 0. The van der Waals surface area contributed by atoms with E-state index in [1.807, 2.05) is 31.2 Å². The molecule has 0 saturated heterocycles. The summed E-state index contributed by atoms with van der Waals surface area (Å²) in [7, 11) is 1.28. The van der Waals surface area contributed by atoms with Gasteiger partial charge in [-0.05, 0) is 30.7 Å². The average molecular weight is 343 g/mol. The second-order valence-corrected chi connectivity index (χ2v) is 5.58. The molecule has 0 aliphatic heterocycles. The number of hydrogen-bond donors (Lipinski definition) is 2. The smallest absolute Gasteiger partial charge is 0.334 e. The lowest BCUT2D eigenvalue weighted by Gasteiger charge is -2.12. The second-order valence-electron chi connectivity index (χ2n) is 5.58. The first-order valence-electron chi connectivity index (χ1n) is 7.82. The number of ether oxygens (including phenoxy) is 2. The highest BCUT2D eigenvalue weighted by molar-refractivity contribution is 5.94. The maximum absolute atomic E-state index is 12.1. The zero-order chi connectivity index (χ0) is 18.2. The molecule has 0 aliphatic rings. The van der Waals surface area contributed by atoms with Crippen LogP contribution < -0.4 is 10.1 Å². The number of amides is 1. The normalized spacial score (nSPS) is 11.6. The Morgan fingerprint density at radius 3 is 2.60 bits per heavy atom. The van der Waals surface area contributed by atoms with Crippen LogP contribution in [0.3, 0.4) is 0 Å². The third-order valence-corrected chi connectivity index (χ3v) is 3.59. The molecule has 2 N–H and O–H groups in total. The molecule has 6 heteroatoms. The first-order chi connectivity index (χ1) is 12.0. The quantitative estimate of drug-likeness (QED) is 0.769. The summed E-state index contributed by atoms with van der Waals surface area (Å²) in [5, 5.41) is 11.4. The molecule has 132 valence electrons. The number of benzene rings is 2. The molecule has 0 bridgehead atoms. The Morgan fingerprint density at radius 2 is 1.92 bits per heavy atom. The van der Waals surface area contributed by atoms with Crippen molar-refractivity contribution in [2.45, 2.75) is 19.6 Å². The molecule has 1 atom stereocenters. The Labute approximate surface area is 146 Å². The van der Waals surface area contributed by atoms with Crippen molar-refractivity contribution in [3.05, 3.63) is 65.2 Å². The van der Waals surface area contributed by atoms with E-state index in [0.29, 0.717) is 17.9 Å². The Morgan fingerprint density at radius 1 is 1.16 bits per heavy atom. The molecule has 1 unspecified atom stereocenters. The van der Waals surface area contributed by atoms with Gasteiger partial charge in [0.2, 0.25) is 0 Å². The molecule has 0 saturated carbocycles. The second kappa shape index (κ2) is 8.84. The molecule has 0 radical (unpaired) electrons. The van der Waals surface area contributed by atoms with Gasteiger partial charge in [0, 0.05) is 12.7 Å². The number of aliphatic carboxylic acids is 1. The van der Waals surface area contributed by atoms with Gasteiger partial charge in [0.1, 0.15) is 12.4 Å². The molecular formula is C19H21NO5. The van der Waals surface area contributed by atoms with E-state index in [9.17, 15) is 9.59 Å². The SMILES string of the molecule is COC(CNC(=O)c1cccc(OCc2cccc(C)c2)c1)C(=O)O. The van der Waals surface area contributed by atoms with Crippen LogP contribution in [0, 0.1) is 6.92 Å². The van der Waals surface area contributed by atoms with Crippen LogP contribution in [0.1, 0.15) is 21.5 Å². The van der Waals surface area contributed by atoms with E-state index in [1.54, 1.807) is 24.3 Å². The van der Waals surface area contributed by atoms with E-state index in [2.05, 4.69) is 5.32 Å². The van der Waals surface area contributed by atoms with Crippen LogP contribution in [-0.4, -0.2) is 36.7 Å². The standard InChI is InChI=1S/C19H21NO5/c1-13-5-3-6-14(9-13)12-25-16-8-4-7-15(10-16)18(21)20-11-17(24-2)19(22)23/h3-10,17H,11-12H2,1-2H3,(H,20,21)(H,22,23). The monoisotopic (exact) mass is 343 g/mol. The van der Waals surface area contributed by atoms with Crippen molar-refractivity contribution in [2.75, 3.05) is 13.7 Å². The van der Waals surface area contributed by atoms with Crippen molar-refractivity contribution in [3.8, 4) is 5.75 Å². The summed E-state index contributed by atoms with van der Waals surface area (Å²) in [5.74, 6) is -0.946. The van der Waals surface area contributed by atoms with Gasteiger partial charge < -0.3 is 19.9 Å².